The van der Waals surface area contributed by atoms with Gasteiger partial charge in [-0.2, -0.15) is 0 Å². The molecule has 3 aromatic carbocycles. The predicted octanol–water partition coefficient (Wildman–Crippen LogP) is 4.69. The molecule has 208 valence electrons. The van der Waals surface area contributed by atoms with E-state index in [9.17, 15) is 13.2 Å². The Balaban J connectivity index is 1.52. The van der Waals surface area contributed by atoms with E-state index in [0.29, 0.717) is 31.1 Å². The maximum Gasteiger partial charge on any atom is 0.329 e. The van der Waals surface area contributed by atoms with Gasteiger partial charge < -0.3 is 24.1 Å². The normalized spacial score (nSPS) is 14.4. The summed E-state index contributed by atoms with van der Waals surface area (Å²) < 4.78 is 46.0. The maximum atomic E-state index is 11.5. The van der Waals surface area contributed by atoms with E-state index in [2.05, 4.69) is 32.0 Å². The molecule has 4 rings (SSSR count). The molecular weight excluding hydrogens is 520 g/mol. The number of hydrogen-bond donors (Lipinski definition) is 1. The van der Waals surface area contributed by atoms with E-state index in [1.54, 1.807) is 0 Å². The molecule has 1 aliphatic rings. The maximum absolute atomic E-state index is 11.5. The molecule has 0 aliphatic carbocycles. The fourth-order valence-electron chi connectivity index (χ4n) is 4.60. The van der Waals surface area contributed by atoms with Crippen LogP contribution in [0.4, 0.5) is 0 Å². The Morgan fingerprint density at radius 2 is 1.69 bits per heavy atom. The van der Waals surface area contributed by atoms with E-state index < -0.39 is 28.0 Å². The number of aryl methyl sites for hydroxylation is 2. The van der Waals surface area contributed by atoms with E-state index in [-0.39, 0.29) is 19.0 Å². The molecule has 0 spiro atoms. The summed E-state index contributed by atoms with van der Waals surface area (Å²) in [6.07, 6.45) is 1.61. The van der Waals surface area contributed by atoms with Gasteiger partial charge in [-0.15, -0.1) is 0 Å². The van der Waals surface area contributed by atoms with E-state index in [4.69, 9.17) is 24.1 Å². The van der Waals surface area contributed by atoms with Crippen LogP contribution in [-0.4, -0.2) is 57.9 Å². The smallest absolute Gasteiger partial charge is 0.329 e. The van der Waals surface area contributed by atoms with Gasteiger partial charge in [-0.05, 0) is 72.4 Å². The molecule has 1 N–H and O–H groups in total. The fourth-order valence-corrected chi connectivity index (χ4v) is 5.24. The van der Waals surface area contributed by atoms with Gasteiger partial charge in [-0.3, -0.25) is 0 Å². The minimum Gasteiger partial charge on any atom is -0.493 e. The van der Waals surface area contributed by atoms with Crippen molar-refractivity contribution < 1.29 is 37.3 Å². The molecule has 0 radical (unpaired) electrons. The number of carbonyl (C=O) groups is 1. The van der Waals surface area contributed by atoms with Crippen LogP contribution < -0.4 is 9.47 Å². The minimum absolute atomic E-state index is 0.0639. The van der Waals surface area contributed by atoms with E-state index in [0.717, 1.165) is 22.3 Å². The fraction of sp³-hybridized carbons (Fsp3) is 0.367. The van der Waals surface area contributed by atoms with Crippen LogP contribution in [0.15, 0.2) is 60.7 Å². The molecule has 3 aromatic rings. The molecular formula is C30H34O8S. The highest BCUT2D eigenvalue weighted by molar-refractivity contribution is 7.90. The van der Waals surface area contributed by atoms with Crippen molar-refractivity contribution in [2.45, 2.75) is 32.5 Å². The highest BCUT2D eigenvalue weighted by Crippen LogP contribution is 2.35. The number of rotatable bonds is 13. The van der Waals surface area contributed by atoms with Gasteiger partial charge in [0.2, 0.25) is 0 Å². The lowest BCUT2D eigenvalue weighted by molar-refractivity contribution is -0.220. The van der Waals surface area contributed by atoms with Crippen LogP contribution in [0.25, 0.3) is 11.1 Å². The molecule has 0 saturated carbocycles. The monoisotopic (exact) mass is 554 g/mol. The Morgan fingerprint density at radius 3 is 2.28 bits per heavy atom. The van der Waals surface area contributed by atoms with E-state index in [1.165, 1.54) is 17.4 Å². The second kappa shape index (κ2) is 12.2. The highest BCUT2D eigenvalue weighted by atomic mass is 32.2. The van der Waals surface area contributed by atoms with Crippen molar-refractivity contribution in [1.29, 1.82) is 0 Å². The zero-order valence-corrected chi connectivity index (χ0v) is 23.3. The standard InChI is InChI=1S/C30H34O8S/c1-21-6-4-7-22(2)29(21)23-8-13-27(36-14-5-15-39(3,33)34)24(16-23)17-37-26-11-9-25(10-12-26)30(19-35-20-30)38-18-28(31)32/h4,6-13,16H,5,14-15,17-20H2,1-3H3,(H,31,32). The summed E-state index contributed by atoms with van der Waals surface area (Å²) in [5.74, 6) is 0.309. The molecule has 1 heterocycles. The summed E-state index contributed by atoms with van der Waals surface area (Å²) >= 11 is 0. The first-order valence-corrected chi connectivity index (χ1v) is 14.8. The number of carboxylic acids is 1. The summed E-state index contributed by atoms with van der Waals surface area (Å²) in [5, 5.41) is 8.99. The number of ether oxygens (including phenoxy) is 4. The minimum atomic E-state index is -3.06. The average Bonchev–Trinajstić information content (AvgIpc) is 2.85. The van der Waals surface area contributed by atoms with Gasteiger partial charge in [0.05, 0.1) is 25.6 Å². The summed E-state index contributed by atoms with van der Waals surface area (Å²) in [6.45, 7) is 4.87. The van der Waals surface area contributed by atoms with Crippen molar-refractivity contribution in [3.8, 4) is 22.6 Å². The van der Waals surface area contributed by atoms with Crippen LogP contribution in [-0.2, 0) is 36.3 Å². The third-order valence-electron chi connectivity index (χ3n) is 6.66. The first-order valence-electron chi connectivity index (χ1n) is 12.7. The average molecular weight is 555 g/mol. The largest absolute Gasteiger partial charge is 0.493 e. The number of hydrogen-bond acceptors (Lipinski definition) is 7. The summed E-state index contributed by atoms with van der Waals surface area (Å²) in [4.78, 5) is 11.0. The van der Waals surface area contributed by atoms with Gasteiger partial charge in [-0.25, -0.2) is 13.2 Å². The van der Waals surface area contributed by atoms with Crippen LogP contribution >= 0.6 is 0 Å². The Labute approximate surface area is 229 Å². The van der Waals surface area contributed by atoms with Gasteiger partial charge >= 0.3 is 5.97 Å². The third kappa shape index (κ3) is 7.38. The van der Waals surface area contributed by atoms with Crippen LogP contribution in [0.1, 0.15) is 28.7 Å². The lowest BCUT2D eigenvalue weighted by atomic mass is 9.91. The molecule has 1 aliphatic heterocycles. The van der Waals surface area contributed by atoms with Crippen molar-refractivity contribution in [2.24, 2.45) is 0 Å². The second-order valence-corrected chi connectivity index (χ2v) is 12.2. The lowest BCUT2D eigenvalue weighted by Gasteiger charge is -2.41. The summed E-state index contributed by atoms with van der Waals surface area (Å²) in [7, 11) is -3.06. The van der Waals surface area contributed by atoms with Crippen LogP contribution in [0, 0.1) is 13.8 Å². The first-order chi connectivity index (χ1) is 18.6. The van der Waals surface area contributed by atoms with Crippen LogP contribution in [0.3, 0.4) is 0 Å². The Bertz CT molecular complexity index is 1390. The number of benzene rings is 3. The van der Waals surface area contributed by atoms with Gasteiger partial charge in [-0.1, -0.05) is 36.4 Å². The molecule has 0 bridgehead atoms. The molecule has 9 heteroatoms. The van der Waals surface area contributed by atoms with E-state index >= 15 is 0 Å². The third-order valence-corrected chi connectivity index (χ3v) is 7.69. The van der Waals surface area contributed by atoms with Crippen molar-refractivity contribution >= 4 is 15.8 Å². The van der Waals surface area contributed by atoms with Crippen LogP contribution in [0.2, 0.25) is 0 Å². The first kappa shape index (κ1) is 28.6. The number of sulfone groups is 1. The zero-order chi connectivity index (χ0) is 28.0. The van der Waals surface area contributed by atoms with Gasteiger partial charge in [0.25, 0.3) is 0 Å². The lowest BCUT2D eigenvalue weighted by Crippen LogP contribution is -2.49. The van der Waals surface area contributed by atoms with Gasteiger partial charge in [0, 0.05) is 11.8 Å². The Hall–Kier alpha value is -3.40. The summed E-state index contributed by atoms with van der Waals surface area (Å²) in [5.41, 5.74) is 5.44. The second-order valence-electron chi connectivity index (χ2n) is 9.90. The number of aliphatic carboxylic acids is 1. The van der Waals surface area contributed by atoms with Crippen LogP contribution in [0.5, 0.6) is 11.5 Å². The topological polar surface area (TPSA) is 108 Å². The van der Waals surface area contributed by atoms with Crippen molar-refractivity contribution in [3.63, 3.8) is 0 Å². The molecule has 1 fully saturated rings. The quantitative estimate of drug-likeness (QED) is 0.303. The van der Waals surface area contributed by atoms with Crippen molar-refractivity contribution in [1.82, 2.24) is 0 Å². The molecule has 0 atom stereocenters. The van der Waals surface area contributed by atoms with Crippen molar-refractivity contribution in [3.05, 3.63) is 82.9 Å². The van der Waals surface area contributed by atoms with Crippen molar-refractivity contribution in [2.75, 3.05) is 38.4 Å². The predicted molar refractivity (Wildman–Crippen MR) is 148 cm³/mol. The molecule has 0 unspecified atom stereocenters. The number of carboxylic acid groups (broad SMARTS) is 1. The molecule has 39 heavy (non-hydrogen) atoms. The molecule has 0 amide bonds. The SMILES string of the molecule is Cc1cccc(C)c1-c1ccc(OCCCS(C)(=O)=O)c(COc2ccc(C3(OCC(=O)O)COC3)cc2)c1. The summed E-state index contributed by atoms with van der Waals surface area (Å²) in [6, 6.07) is 19.5. The molecule has 0 aromatic heterocycles. The van der Waals surface area contributed by atoms with E-state index in [1.807, 2.05) is 42.5 Å². The zero-order valence-electron chi connectivity index (χ0n) is 22.4. The Morgan fingerprint density at radius 1 is 1.00 bits per heavy atom. The molecule has 1 saturated heterocycles. The van der Waals surface area contributed by atoms with Gasteiger partial charge in [0.1, 0.15) is 40.2 Å². The highest BCUT2D eigenvalue weighted by Gasteiger charge is 2.42. The molecule has 8 nitrogen and oxygen atoms in total. The van der Waals surface area contributed by atoms with Gasteiger partial charge in [0.15, 0.2) is 0 Å². The Kier molecular flexibility index (Phi) is 8.94.